The van der Waals surface area contributed by atoms with Crippen molar-refractivity contribution >= 4 is 27.2 Å². The van der Waals surface area contributed by atoms with E-state index in [1.54, 1.807) is 11.3 Å². The number of pyridine rings is 1. The number of thiophene rings is 1. The summed E-state index contributed by atoms with van der Waals surface area (Å²) in [4.78, 5) is 4.65. The standard InChI is InChI=1S/C12H16N2S/c1-8(2)6-9-7-11(13-3)12-10(14-9)4-5-15-12/h4-5,7-8H,6H2,1-3H3,(H,13,14). The van der Waals surface area contributed by atoms with Crippen molar-refractivity contribution in [2.75, 3.05) is 12.4 Å². The zero-order chi connectivity index (χ0) is 10.8. The molecular weight excluding hydrogens is 204 g/mol. The number of anilines is 1. The van der Waals surface area contributed by atoms with Gasteiger partial charge in [-0.15, -0.1) is 11.3 Å². The molecule has 0 unspecified atom stereocenters. The molecule has 2 aromatic heterocycles. The SMILES string of the molecule is CNc1cc(CC(C)C)nc2ccsc12. The first-order valence-electron chi connectivity index (χ1n) is 5.25. The van der Waals surface area contributed by atoms with Crippen molar-refractivity contribution in [3.05, 3.63) is 23.2 Å². The van der Waals surface area contributed by atoms with E-state index in [1.807, 2.05) is 7.05 Å². The van der Waals surface area contributed by atoms with Crippen molar-refractivity contribution in [1.29, 1.82) is 0 Å². The molecule has 3 heteroatoms. The fraction of sp³-hybridized carbons (Fsp3) is 0.417. The molecule has 0 spiro atoms. The third-order valence-corrected chi connectivity index (χ3v) is 3.29. The van der Waals surface area contributed by atoms with Gasteiger partial charge in [-0.1, -0.05) is 13.8 Å². The van der Waals surface area contributed by atoms with Gasteiger partial charge in [0, 0.05) is 12.7 Å². The second-order valence-electron chi connectivity index (χ2n) is 4.14. The molecule has 0 aliphatic rings. The summed E-state index contributed by atoms with van der Waals surface area (Å²) < 4.78 is 1.25. The maximum Gasteiger partial charge on any atom is 0.0834 e. The Balaban J connectivity index is 2.49. The Kier molecular flexibility index (Phi) is 2.91. The van der Waals surface area contributed by atoms with Crippen LogP contribution in [0.1, 0.15) is 19.5 Å². The normalized spacial score (nSPS) is 11.2. The molecule has 0 amide bonds. The van der Waals surface area contributed by atoms with E-state index in [9.17, 15) is 0 Å². The maximum absolute atomic E-state index is 4.65. The molecule has 2 aromatic rings. The minimum atomic E-state index is 0.651. The molecule has 0 atom stereocenters. The topological polar surface area (TPSA) is 24.9 Å². The van der Waals surface area contributed by atoms with E-state index in [2.05, 4.69) is 41.7 Å². The lowest BCUT2D eigenvalue weighted by atomic mass is 10.1. The third-order valence-electron chi connectivity index (χ3n) is 2.35. The van der Waals surface area contributed by atoms with E-state index in [1.165, 1.54) is 16.1 Å². The van der Waals surface area contributed by atoms with Gasteiger partial charge in [-0.25, -0.2) is 0 Å². The van der Waals surface area contributed by atoms with Gasteiger partial charge in [-0.2, -0.15) is 0 Å². The quantitative estimate of drug-likeness (QED) is 0.855. The summed E-state index contributed by atoms with van der Waals surface area (Å²) in [6.45, 7) is 4.44. The summed E-state index contributed by atoms with van der Waals surface area (Å²) in [6.07, 6.45) is 1.04. The Hall–Kier alpha value is -1.09. The molecule has 2 nitrogen and oxygen atoms in total. The van der Waals surface area contributed by atoms with Crippen LogP contribution in [0.3, 0.4) is 0 Å². The molecule has 0 aromatic carbocycles. The molecule has 0 radical (unpaired) electrons. The predicted molar refractivity (Wildman–Crippen MR) is 67.7 cm³/mol. The Labute approximate surface area is 94.3 Å². The van der Waals surface area contributed by atoms with Crippen molar-refractivity contribution in [2.45, 2.75) is 20.3 Å². The average molecular weight is 220 g/mol. The highest BCUT2D eigenvalue weighted by Crippen LogP contribution is 2.28. The molecular formula is C12H16N2S. The lowest BCUT2D eigenvalue weighted by molar-refractivity contribution is 0.637. The van der Waals surface area contributed by atoms with Gasteiger partial charge in [0.25, 0.3) is 0 Å². The van der Waals surface area contributed by atoms with E-state index < -0.39 is 0 Å². The second kappa shape index (κ2) is 4.19. The Bertz CT molecular complexity index is 460. The molecule has 0 aliphatic carbocycles. The van der Waals surface area contributed by atoms with Gasteiger partial charge < -0.3 is 5.32 Å². The highest BCUT2D eigenvalue weighted by Gasteiger charge is 2.07. The molecule has 2 heterocycles. The van der Waals surface area contributed by atoms with Crippen LogP contribution in [0.4, 0.5) is 5.69 Å². The van der Waals surface area contributed by atoms with E-state index in [4.69, 9.17) is 0 Å². The predicted octanol–water partition coefficient (Wildman–Crippen LogP) is 3.54. The van der Waals surface area contributed by atoms with E-state index >= 15 is 0 Å². The van der Waals surface area contributed by atoms with Crippen LogP contribution in [0.15, 0.2) is 17.5 Å². The average Bonchev–Trinajstić information content (AvgIpc) is 2.63. The first kappa shape index (κ1) is 10.4. The van der Waals surface area contributed by atoms with Crippen molar-refractivity contribution in [1.82, 2.24) is 4.98 Å². The van der Waals surface area contributed by atoms with Crippen LogP contribution in [0.25, 0.3) is 10.2 Å². The lowest BCUT2D eigenvalue weighted by Gasteiger charge is -2.08. The summed E-state index contributed by atoms with van der Waals surface area (Å²) >= 11 is 1.74. The van der Waals surface area contributed by atoms with Gasteiger partial charge in [-0.05, 0) is 29.9 Å². The number of hydrogen-bond donors (Lipinski definition) is 1. The molecule has 0 aliphatic heterocycles. The first-order valence-corrected chi connectivity index (χ1v) is 6.13. The minimum absolute atomic E-state index is 0.651. The van der Waals surface area contributed by atoms with Crippen LogP contribution >= 0.6 is 11.3 Å². The lowest BCUT2D eigenvalue weighted by Crippen LogP contribution is -1.99. The molecule has 0 fully saturated rings. The molecule has 15 heavy (non-hydrogen) atoms. The van der Waals surface area contributed by atoms with Gasteiger partial charge in [-0.3, -0.25) is 4.98 Å². The fourth-order valence-corrected chi connectivity index (χ4v) is 2.58. The summed E-state index contributed by atoms with van der Waals surface area (Å²) in [6, 6.07) is 4.25. The number of aromatic nitrogens is 1. The molecule has 1 N–H and O–H groups in total. The van der Waals surface area contributed by atoms with Crippen LogP contribution < -0.4 is 5.32 Å². The largest absolute Gasteiger partial charge is 0.387 e. The van der Waals surface area contributed by atoms with Gasteiger partial charge in [0.2, 0.25) is 0 Å². The monoisotopic (exact) mass is 220 g/mol. The second-order valence-corrected chi connectivity index (χ2v) is 5.06. The minimum Gasteiger partial charge on any atom is -0.387 e. The number of nitrogens with zero attached hydrogens (tertiary/aromatic N) is 1. The first-order chi connectivity index (χ1) is 7.20. The summed E-state index contributed by atoms with van der Waals surface area (Å²) in [5.41, 5.74) is 3.49. The summed E-state index contributed by atoms with van der Waals surface area (Å²) in [7, 11) is 1.97. The van der Waals surface area contributed by atoms with Crippen molar-refractivity contribution in [3.63, 3.8) is 0 Å². The Morgan fingerprint density at radius 3 is 2.93 bits per heavy atom. The van der Waals surface area contributed by atoms with Crippen molar-refractivity contribution < 1.29 is 0 Å². The van der Waals surface area contributed by atoms with Gasteiger partial charge in [0.05, 0.1) is 15.9 Å². The molecule has 0 bridgehead atoms. The van der Waals surface area contributed by atoms with Crippen LogP contribution in [-0.2, 0) is 6.42 Å². The van der Waals surface area contributed by atoms with Crippen LogP contribution in [0.2, 0.25) is 0 Å². The van der Waals surface area contributed by atoms with Gasteiger partial charge in [0.1, 0.15) is 0 Å². The van der Waals surface area contributed by atoms with E-state index in [-0.39, 0.29) is 0 Å². The van der Waals surface area contributed by atoms with Crippen LogP contribution in [0.5, 0.6) is 0 Å². The zero-order valence-electron chi connectivity index (χ0n) is 9.37. The molecule has 0 saturated heterocycles. The van der Waals surface area contributed by atoms with Gasteiger partial charge in [0.15, 0.2) is 0 Å². The summed E-state index contributed by atoms with van der Waals surface area (Å²) in [5.74, 6) is 0.651. The van der Waals surface area contributed by atoms with Crippen molar-refractivity contribution in [3.8, 4) is 0 Å². The molecule has 2 rings (SSSR count). The number of fused-ring (bicyclic) bond motifs is 1. The number of rotatable bonds is 3. The van der Waals surface area contributed by atoms with Gasteiger partial charge >= 0.3 is 0 Å². The Morgan fingerprint density at radius 1 is 1.47 bits per heavy atom. The zero-order valence-corrected chi connectivity index (χ0v) is 10.2. The van der Waals surface area contributed by atoms with Crippen molar-refractivity contribution in [2.24, 2.45) is 5.92 Å². The van der Waals surface area contributed by atoms with Crippen LogP contribution in [-0.4, -0.2) is 12.0 Å². The highest BCUT2D eigenvalue weighted by atomic mass is 32.1. The Morgan fingerprint density at radius 2 is 2.27 bits per heavy atom. The van der Waals surface area contributed by atoms with Crippen LogP contribution in [0, 0.1) is 5.92 Å². The third kappa shape index (κ3) is 2.12. The van der Waals surface area contributed by atoms with E-state index in [0.29, 0.717) is 5.92 Å². The van der Waals surface area contributed by atoms with E-state index in [0.717, 1.165) is 11.9 Å². The highest BCUT2D eigenvalue weighted by molar-refractivity contribution is 7.17. The number of hydrogen-bond acceptors (Lipinski definition) is 3. The smallest absolute Gasteiger partial charge is 0.0834 e. The number of nitrogens with one attached hydrogen (secondary N) is 1. The molecule has 0 saturated carbocycles. The fourth-order valence-electron chi connectivity index (χ4n) is 1.72. The molecule has 80 valence electrons. The maximum atomic E-state index is 4.65. The summed E-state index contributed by atoms with van der Waals surface area (Å²) in [5, 5.41) is 5.34.